The monoisotopic (exact) mass is 174 g/mol. The molecule has 2 aromatic rings. The number of pyridine rings is 1. The number of hydrogen-bond acceptors (Lipinski definition) is 1. The van der Waals surface area contributed by atoms with Gasteiger partial charge in [0.25, 0.3) is 0 Å². The number of aromatic amines is 1. The topological polar surface area (TPSA) is 28.7 Å². The molecule has 68 valence electrons. The summed E-state index contributed by atoms with van der Waals surface area (Å²) < 4.78 is 0. The van der Waals surface area contributed by atoms with Gasteiger partial charge in [0, 0.05) is 17.3 Å². The van der Waals surface area contributed by atoms with Crippen LogP contribution in [0, 0.1) is 6.92 Å². The molecule has 2 heterocycles. The van der Waals surface area contributed by atoms with Crippen molar-refractivity contribution in [3.63, 3.8) is 0 Å². The number of H-pyrrole nitrogens is 1. The van der Waals surface area contributed by atoms with Crippen LogP contribution >= 0.6 is 0 Å². The summed E-state index contributed by atoms with van der Waals surface area (Å²) in [5.74, 6) is 0.548. The van der Waals surface area contributed by atoms with Crippen molar-refractivity contribution in [3.05, 3.63) is 29.6 Å². The summed E-state index contributed by atoms with van der Waals surface area (Å²) in [4.78, 5) is 7.58. The van der Waals surface area contributed by atoms with Crippen molar-refractivity contribution in [1.82, 2.24) is 9.97 Å². The molecule has 13 heavy (non-hydrogen) atoms. The summed E-state index contributed by atoms with van der Waals surface area (Å²) in [5, 5.41) is 1.21. The Hall–Kier alpha value is -1.31. The maximum absolute atomic E-state index is 4.37. The molecule has 0 saturated carbocycles. The van der Waals surface area contributed by atoms with Crippen LogP contribution in [0.1, 0.15) is 31.0 Å². The van der Waals surface area contributed by atoms with Gasteiger partial charge in [-0.2, -0.15) is 0 Å². The van der Waals surface area contributed by atoms with Crippen molar-refractivity contribution < 1.29 is 0 Å². The summed E-state index contributed by atoms with van der Waals surface area (Å²) >= 11 is 0. The summed E-state index contributed by atoms with van der Waals surface area (Å²) in [5.41, 5.74) is 3.46. The molecule has 0 aromatic carbocycles. The molecular weight excluding hydrogens is 160 g/mol. The molecule has 2 rings (SSSR count). The molecule has 2 heteroatoms. The van der Waals surface area contributed by atoms with E-state index in [1.807, 2.05) is 6.20 Å². The van der Waals surface area contributed by atoms with E-state index in [0.717, 1.165) is 5.65 Å². The molecule has 0 spiro atoms. The van der Waals surface area contributed by atoms with Crippen LogP contribution in [-0.4, -0.2) is 9.97 Å². The van der Waals surface area contributed by atoms with E-state index < -0.39 is 0 Å². The first-order chi connectivity index (χ1) is 6.16. The Morgan fingerprint density at radius 3 is 2.77 bits per heavy atom. The number of rotatable bonds is 1. The third-order valence-electron chi connectivity index (χ3n) is 2.29. The lowest BCUT2D eigenvalue weighted by molar-refractivity contribution is 0.862. The van der Waals surface area contributed by atoms with E-state index in [0.29, 0.717) is 5.92 Å². The van der Waals surface area contributed by atoms with Gasteiger partial charge >= 0.3 is 0 Å². The molecule has 2 aromatic heterocycles. The number of aryl methyl sites for hydroxylation is 1. The van der Waals surface area contributed by atoms with Crippen molar-refractivity contribution in [2.75, 3.05) is 0 Å². The molecule has 0 bridgehead atoms. The molecule has 0 fully saturated rings. The van der Waals surface area contributed by atoms with Crippen LogP contribution < -0.4 is 0 Å². The van der Waals surface area contributed by atoms with E-state index in [-0.39, 0.29) is 0 Å². The van der Waals surface area contributed by atoms with Crippen LogP contribution in [0.5, 0.6) is 0 Å². The maximum atomic E-state index is 4.37. The maximum Gasteiger partial charge on any atom is 0.137 e. The highest BCUT2D eigenvalue weighted by Gasteiger charge is 2.03. The fourth-order valence-corrected chi connectivity index (χ4v) is 1.49. The van der Waals surface area contributed by atoms with Gasteiger partial charge in [-0.3, -0.25) is 0 Å². The summed E-state index contributed by atoms with van der Waals surface area (Å²) in [6.07, 6.45) is 1.95. The van der Waals surface area contributed by atoms with Crippen molar-refractivity contribution in [2.45, 2.75) is 26.7 Å². The molecule has 0 radical (unpaired) electrons. The molecule has 1 N–H and O–H groups in total. The van der Waals surface area contributed by atoms with Gasteiger partial charge in [-0.15, -0.1) is 0 Å². The number of nitrogens with one attached hydrogen (secondary N) is 1. The van der Waals surface area contributed by atoms with Gasteiger partial charge in [-0.25, -0.2) is 4.98 Å². The van der Waals surface area contributed by atoms with Crippen LogP contribution in [0.25, 0.3) is 11.0 Å². The summed E-state index contributed by atoms with van der Waals surface area (Å²) in [7, 11) is 0. The van der Waals surface area contributed by atoms with Gasteiger partial charge < -0.3 is 4.98 Å². The standard InChI is InChI=1S/C11H14N2/c1-7(2)10-5-9-4-8(3)13-11(9)12-6-10/h4-7H,1-3H3,(H,12,13). The first-order valence-corrected chi connectivity index (χ1v) is 4.62. The fourth-order valence-electron chi connectivity index (χ4n) is 1.49. The zero-order chi connectivity index (χ0) is 9.42. The Morgan fingerprint density at radius 2 is 2.08 bits per heavy atom. The normalized spacial score (nSPS) is 11.4. The van der Waals surface area contributed by atoms with Gasteiger partial charge in [0.1, 0.15) is 5.65 Å². The predicted octanol–water partition coefficient (Wildman–Crippen LogP) is 2.99. The quantitative estimate of drug-likeness (QED) is 0.707. The minimum absolute atomic E-state index is 0.548. The number of aromatic nitrogens is 2. The van der Waals surface area contributed by atoms with Crippen LogP contribution in [0.2, 0.25) is 0 Å². The SMILES string of the molecule is Cc1cc2cc(C(C)C)cnc2[nH]1. The zero-order valence-corrected chi connectivity index (χ0v) is 8.26. The molecular formula is C11H14N2. The number of nitrogens with zero attached hydrogens (tertiary/aromatic N) is 1. The molecule has 0 aliphatic heterocycles. The van der Waals surface area contributed by atoms with Crippen LogP contribution in [0.15, 0.2) is 18.3 Å². The molecule has 0 saturated heterocycles. The smallest absolute Gasteiger partial charge is 0.137 e. The first kappa shape index (κ1) is 8.30. The minimum Gasteiger partial charge on any atom is -0.344 e. The lowest BCUT2D eigenvalue weighted by atomic mass is 10.1. The zero-order valence-electron chi connectivity index (χ0n) is 8.26. The van der Waals surface area contributed by atoms with Gasteiger partial charge in [-0.1, -0.05) is 13.8 Å². The Labute approximate surface area is 78.0 Å². The van der Waals surface area contributed by atoms with E-state index in [1.165, 1.54) is 16.6 Å². The first-order valence-electron chi connectivity index (χ1n) is 4.62. The highest BCUT2D eigenvalue weighted by molar-refractivity contribution is 5.77. The van der Waals surface area contributed by atoms with Crippen LogP contribution in [-0.2, 0) is 0 Å². The minimum atomic E-state index is 0.548. The average Bonchev–Trinajstić information content (AvgIpc) is 2.42. The largest absolute Gasteiger partial charge is 0.344 e. The molecule has 0 amide bonds. The Bertz CT molecular complexity index is 427. The van der Waals surface area contributed by atoms with E-state index in [9.17, 15) is 0 Å². The second-order valence-electron chi connectivity index (χ2n) is 3.81. The van der Waals surface area contributed by atoms with Crippen molar-refractivity contribution in [1.29, 1.82) is 0 Å². The summed E-state index contributed by atoms with van der Waals surface area (Å²) in [6.45, 7) is 6.42. The van der Waals surface area contributed by atoms with Gasteiger partial charge in [-0.05, 0) is 30.5 Å². The van der Waals surface area contributed by atoms with Crippen LogP contribution in [0.3, 0.4) is 0 Å². The lowest BCUT2D eigenvalue weighted by Gasteiger charge is -2.03. The number of fused-ring (bicyclic) bond motifs is 1. The van der Waals surface area contributed by atoms with Gasteiger partial charge in [0.15, 0.2) is 0 Å². The van der Waals surface area contributed by atoms with E-state index >= 15 is 0 Å². The Morgan fingerprint density at radius 1 is 1.31 bits per heavy atom. The third kappa shape index (κ3) is 1.44. The van der Waals surface area contributed by atoms with E-state index in [1.54, 1.807) is 0 Å². The second-order valence-corrected chi connectivity index (χ2v) is 3.81. The average molecular weight is 174 g/mol. The van der Waals surface area contributed by atoms with E-state index in [4.69, 9.17) is 0 Å². The van der Waals surface area contributed by atoms with E-state index in [2.05, 4.69) is 42.9 Å². The highest BCUT2D eigenvalue weighted by Crippen LogP contribution is 2.19. The van der Waals surface area contributed by atoms with Crippen LogP contribution in [0.4, 0.5) is 0 Å². The number of hydrogen-bond donors (Lipinski definition) is 1. The van der Waals surface area contributed by atoms with Crippen molar-refractivity contribution >= 4 is 11.0 Å². The van der Waals surface area contributed by atoms with Gasteiger partial charge in [0.05, 0.1) is 0 Å². The Kier molecular flexibility index (Phi) is 1.83. The second kappa shape index (κ2) is 2.87. The third-order valence-corrected chi connectivity index (χ3v) is 2.29. The molecule has 0 aliphatic carbocycles. The predicted molar refractivity (Wildman–Crippen MR) is 54.9 cm³/mol. The highest BCUT2D eigenvalue weighted by atomic mass is 14.8. The lowest BCUT2D eigenvalue weighted by Crippen LogP contribution is -1.88. The Balaban J connectivity index is 2.61. The molecule has 0 aliphatic rings. The van der Waals surface area contributed by atoms with Crippen molar-refractivity contribution in [3.8, 4) is 0 Å². The molecule has 2 nitrogen and oxygen atoms in total. The van der Waals surface area contributed by atoms with Crippen molar-refractivity contribution in [2.24, 2.45) is 0 Å². The molecule has 0 unspecified atom stereocenters. The summed E-state index contributed by atoms with van der Waals surface area (Å²) in [6, 6.07) is 4.34. The fraction of sp³-hybridized carbons (Fsp3) is 0.364. The molecule has 0 atom stereocenters. The van der Waals surface area contributed by atoms with Gasteiger partial charge in [0.2, 0.25) is 0 Å².